The number of anilines is 1. The highest BCUT2D eigenvalue weighted by molar-refractivity contribution is 5.97. The molecule has 142 valence electrons. The van der Waals surface area contributed by atoms with E-state index in [4.69, 9.17) is 9.47 Å². The van der Waals surface area contributed by atoms with Gasteiger partial charge in [-0.1, -0.05) is 66.7 Å². The molecule has 0 spiro atoms. The number of esters is 1. The van der Waals surface area contributed by atoms with E-state index in [0.29, 0.717) is 11.4 Å². The third-order valence-electron chi connectivity index (χ3n) is 4.02. The molecule has 0 aliphatic heterocycles. The Morgan fingerprint density at radius 3 is 2.18 bits per heavy atom. The zero-order valence-corrected chi connectivity index (χ0v) is 15.5. The lowest BCUT2D eigenvalue weighted by atomic mass is 10.0. The molecule has 0 aliphatic rings. The molecule has 0 aliphatic carbocycles. The molecule has 0 aromatic heterocycles. The Kier molecular flexibility index (Phi) is 6.41. The Labute approximate surface area is 163 Å². The minimum atomic E-state index is -0.813. The average Bonchev–Trinajstić information content (AvgIpc) is 2.73. The first-order chi connectivity index (χ1) is 13.6. The van der Waals surface area contributed by atoms with E-state index in [1.807, 2.05) is 72.8 Å². The molecule has 0 saturated heterocycles. The number of hydrogen-bond acceptors (Lipinski definition) is 4. The Morgan fingerprint density at radius 2 is 1.46 bits per heavy atom. The van der Waals surface area contributed by atoms with Crippen LogP contribution >= 0.6 is 0 Å². The van der Waals surface area contributed by atoms with Crippen molar-refractivity contribution in [2.75, 3.05) is 11.9 Å². The fourth-order valence-electron chi connectivity index (χ4n) is 2.65. The molecule has 0 unspecified atom stereocenters. The van der Waals surface area contributed by atoms with E-state index >= 15 is 0 Å². The van der Waals surface area contributed by atoms with Gasteiger partial charge in [-0.2, -0.15) is 0 Å². The van der Waals surface area contributed by atoms with Gasteiger partial charge in [0.2, 0.25) is 0 Å². The lowest BCUT2D eigenvalue weighted by Gasteiger charge is -2.14. The molecule has 5 heteroatoms. The van der Waals surface area contributed by atoms with Crippen molar-refractivity contribution in [3.05, 3.63) is 84.9 Å². The summed E-state index contributed by atoms with van der Waals surface area (Å²) in [6, 6.07) is 26.2. The number of ether oxygens (including phenoxy) is 2. The fraction of sp³-hybridized carbons (Fsp3) is 0.130. The predicted molar refractivity (Wildman–Crippen MR) is 108 cm³/mol. The van der Waals surface area contributed by atoms with Gasteiger partial charge in [0.1, 0.15) is 5.75 Å². The third-order valence-corrected chi connectivity index (χ3v) is 4.02. The van der Waals surface area contributed by atoms with Crippen LogP contribution in [0.5, 0.6) is 5.75 Å². The van der Waals surface area contributed by atoms with Crippen LogP contribution in [0.15, 0.2) is 84.9 Å². The molecule has 1 amide bonds. The minimum Gasteiger partial charge on any atom is -0.479 e. The van der Waals surface area contributed by atoms with E-state index in [2.05, 4.69) is 5.32 Å². The number of para-hydroxylation sites is 2. The first-order valence-corrected chi connectivity index (χ1v) is 8.96. The molecular formula is C23H21NO4. The van der Waals surface area contributed by atoms with Crippen LogP contribution in [0, 0.1) is 0 Å². The largest absolute Gasteiger partial charge is 0.479 e. The van der Waals surface area contributed by atoms with E-state index in [-0.39, 0.29) is 6.61 Å². The minimum absolute atomic E-state index is 0.384. The SMILES string of the molecule is C[C@H](Oc1ccccc1)C(=O)OCC(=O)Nc1ccccc1-c1ccccc1. The quantitative estimate of drug-likeness (QED) is 0.625. The lowest BCUT2D eigenvalue weighted by molar-refractivity contribution is -0.153. The Morgan fingerprint density at radius 1 is 0.857 bits per heavy atom. The van der Waals surface area contributed by atoms with Gasteiger partial charge in [0, 0.05) is 11.3 Å². The molecule has 5 nitrogen and oxygen atoms in total. The second-order valence-corrected chi connectivity index (χ2v) is 6.14. The van der Waals surface area contributed by atoms with E-state index in [1.165, 1.54) is 0 Å². The molecule has 0 radical (unpaired) electrons. The summed E-state index contributed by atoms with van der Waals surface area (Å²) in [5, 5.41) is 2.80. The maximum atomic E-state index is 12.3. The molecule has 0 heterocycles. The van der Waals surface area contributed by atoms with Gasteiger partial charge in [0.15, 0.2) is 12.7 Å². The number of rotatable bonds is 7. The van der Waals surface area contributed by atoms with Crippen molar-refractivity contribution in [3.63, 3.8) is 0 Å². The number of carbonyl (C=O) groups excluding carboxylic acids is 2. The van der Waals surface area contributed by atoms with E-state index in [1.54, 1.807) is 19.1 Å². The standard InChI is InChI=1S/C23H21NO4/c1-17(28-19-12-6-3-7-13-19)23(26)27-16-22(25)24-21-15-9-8-14-20(21)18-10-4-2-5-11-18/h2-15,17H,16H2,1H3,(H,24,25)/t17-/m0/s1. The van der Waals surface area contributed by atoms with Crippen molar-refractivity contribution in [3.8, 4) is 16.9 Å². The van der Waals surface area contributed by atoms with Gasteiger partial charge in [0.05, 0.1) is 0 Å². The van der Waals surface area contributed by atoms with Crippen molar-refractivity contribution >= 4 is 17.6 Å². The maximum Gasteiger partial charge on any atom is 0.347 e. The van der Waals surface area contributed by atoms with Crippen LogP contribution in [-0.4, -0.2) is 24.6 Å². The number of hydrogen-bond donors (Lipinski definition) is 1. The number of nitrogens with one attached hydrogen (secondary N) is 1. The smallest absolute Gasteiger partial charge is 0.347 e. The van der Waals surface area contributed by atoms with E-state index < -0.39 is 18.0 Å². The van der Waals surface area contributed by atoms with Gasteiger partial charge < -0.3 is 14.8 Å². The van der Waals surface area contributed by atoms with Crippen molar-refractivity contribution in [2.24, 2.45) is 0 Å². The van der Waals surface area contributed by atoms with Crippen LogP contribution < -0.4 is 10.1 Å². The monoisotopic (exact) mass is 375 g/mol. The molecule has 1 N–H and O–H groups in total. The van der Waals surface area contributed by atoms with Gasteiger partial charge in [0.25, 0.3) is 5.91 Å². The van der Waals surface area contributed by atoms with E-state index in [0.717, 1.165) is 11.1 Å². The first kappa shape index (κ1) is 19.2. The molecule has 3 rings (SSSR count). The van der Waals surface area contributed by atoms with E-state index in [9.17, 15) is 9.59 Å². The highest BCUT2D eigenvalue weighted by atomic mass is 16.6. The number of benzene rings is 3. The van der Waals surface area contributed by atoms with Crippen LogP contribution in [0.4, 0.5) is 5.69 Å². The first-order valence-electron chi connectivity index (χ1n) is 8.96. The lowest BCUT2D eigenvalue weighted by Crippen LogP contribution is -2.29. The van der Waals surface area contributed by atoms with Crippen molar-refractivity contribution in [1.29, 1.82) is 0 Å². The Balaban J connectivity index is 1.56. The topological polar surface area (TPSA) is 64.6 Å². The summed E-state index contributed by atoms with van der Waals surface area (Å²) < 4.78 is 10.6. The third kappa shape index (κ3) is 5.20. The van der Waals surface area contributed by atoms with Crippen molar-refractivity contribution in [2.45, 2.75) is 13.0 Å². The van der Waals surface area contributed by atoms with Crippen molar-refractivity contribution in [1.82, 2.24) is 0 Å². The molecule has 0 saturated carbocycles. The van der Waals surface area contributed by atoms with Crippen molar-refractivity contribution < 1.29 is 19.1 Å². The molecule has 3 aromatic rings. The summed E-state index contributed by atoms with van der Waals surface area (Å²) in [4.78, 5) is 24.3. The van der Waals surface area contributed by atoms with Gasteiger partial charge in [-0.05, 0) is 30.7 Å². The molecule has 0 fully saturated rings. The summed E-state index contributed by atoms with van der Waals surface area (Å²) in [5.41, 5.74) is 2.53. The highest BCUT2D eigenvalue weighted by Gasteiger charge is 2.18. The zero-order valence-electron chi connectivity index (χ0n) is 15.5. The average molecular weight is 375 g/mol. The molecule has 28 heavy (non-hydrogen) atoms. The summed E-state index contributed by atoms with van der Waals surface area (Å²) in [7, 11) is 0. The van der Waals surface area contributed by atoms with Crippen LogP contribution in [0.3, 0.4) is 0 Å². The molecule has 1 atom stereocenters. The van der Waals surface area contributed by atoms with Crippen LogP contribution in [-0.2, 0) is 14.3 Å². The van der Waals surface area contributed by atoms with Gasteiger partial charge in [-0.3, -0.25) is 4.79 Å². The predicted octanol–water partition coefficient (Wildman–Crippen LogP) is 4.30. The number of amides is 1. The summed E-state index contributed by atoms with van der Waals surface area (Å²) in [6.45, 7) is 1.20. The summed E-state index contributed by atoms with van der Waals surface area (Å²) in [5.74, 6) is -0.452. The Hall–Kier alpha value is -3.60. The number of carbonyl (C=O) groups is 2. The zero-order chi connectivity index (χ0) is 19.8. The fourth-order valence-corrected chi connectivity index (χ4v) is 2.65. The van der Waals surface area contributed by atoms with Crippen LogP contribution in [0.2, 0.25) is 0 Å². The maximum absolute atomic E-state index is 12.3. The summed E-state index contributed by atoms with van der Waals surface area (Å²) >= 11 is 0. The van der Waals surface area contributed by atoms with Gasteiger partial charge in [-0.15, -0.1) is 0 Å². The van der Waals surface area contributed by atoms with Gasteiger partial charge >= 0.3 is 5.97 Å². The highest BCUT2D eigenvalue weighted by Crippen LogP contribution is 2.27. The molecule has 3 aromatic carbocycles. The van der Waals surface area contributed by atoms with Crippen LogP contribution in [0.1, 0.15) is 6.92 Å². The van der Waals surface area contributed by atoms with Crippen LogP contribution in [0.25, 0.3) is 11.1 Å². The molecular weight excluding hydrogens is 354 g/mol. The molecule has 0 bridgehead atoms. The second-order valence-electron chi connectivity index (χ2n) is 6.14. The second kappa shape index (κ2) is 9.37. The Bertz CT molecular complexity index is 926. The normalized spacial score (nSPS) is 11.3. The summed E-state index contributed by atoms with van der Waals surface area (Å²) in [6.07, 6.45) is -0.813. The van der Waals surface area contributed by atoms with Gasteiger partial charge in [-0.25, -0.2) is 4.79 Å².